The van der Waals surface area contributed by atoms with E-state index in [1.165, 1.54) is 0 Å². The predicted octanol–water partition coefficient (Wildman–Crippen LogP) is 4.86. The Morgan fingerprint density at radius 2 is 1.48 bits per heavy atom. The molecule has 0 aliphatic rings. The standard InChI is InChI=1S/C22H21NO2/c1-16-12-13-19(14-21(16)24)23-22(25)15-20(17-8-4-2-5-9-17)18-10-6-3-7-11-18/h2-14,20,24H,15H2,1H3,(H,23,25). The van der Waals surface area contributed by atoms with E-state index in [1.54, 1.807) is 18.2 Å². The quantitative estimate of drug-likeness (QED) is 0.701. The molecule has 126 valence electrons. The number of phenols is 1. The summed E-state index contributed by atoms with van der Waals surface area (Å²) < 4.78 is 0. The fourth-order valence-corrected chi connectivity index (χ4v) is 2.88. The summed E-state index contributed by atoms with van der Waals surface area (Å²) in [5.74, 6) is 0.0860. The predicted molar refractivity (Wildman–Crippen MR) is 101 cm³/mol. The Labute approximate surface area is 148 Å². The highest BCUT2D eigenvalue weighted by atomic mass is 16.3. The first-order chi connectivity index (χ1) is 12.1. The van der Waals surface area contributed by atoms with Crippen molar-refractivity contribution in [3.63, 3.8) is 0 Å². The van der Waals surface area contributed by atoms with Gasteiger partial charge in [0, 0.05) is 24.1 Å². The van der Waals surface area contributed by atoms with E-state index in [2.05, 4.69) is 5.32 Å². The van der Waals surface area contributed by atoms with E-state index in [0.717, 1.165) is 16.7 Å². The average molecular weight is 331 g/mol. The van der Waals surface area contributed by atoms with Crippen molar-refractivity contribution in [3.8, 4) is 5.75 Å². The number of aryl methyl sites for hydroxylation is 1. The third-order valence-corrected chi connectivity index (χ3v) is 4.29. The zero-order valence-electron chi connectivity index (χ0n) is 14.1. The number of amides is 1. The van der Waals surface area contributed by atoms with Gasteiger partial charge in [-0.3, -0.25) is 4.79 Å². The summed E-state index contributed by atoms with van der Waals surface area (Å²) in [6.07, 6.45) is 0.336. The topological polar surface area (TPSA) is 49.3 Å². The van der Waals surface area contributed by atoms with Gasteiger partial charge in [0.1, 0.15) is 5.75 Å². The van der Waals surface area contributed by atoms with Crippen LogP contribution in [-0.4, -0.2) is 11.0 Å². The van der Waals surface area contributed by atoms with Gasteiger partial charge in [0.25, 0.3) is 0 Å². The van der Waals surface area contributed by atoms with Crippen molar-refractivity contribution in [3.05, 3.63) is 95.6 Å². The van der Waals surface area contributed by atoms with Gasteiger partial charge < -0.3 is 10.4 Å². The fraction of sp³-hybridized carbons (Fsp3) is 0.136. The number of nitrogens with one attached hydrogen (secondary N) is 1. The van der Waals surface area contributed by atoms with Gasteiger partial charge in [-0.25, -0.2) is 0 Å². The second-order valence-corrected chi connectivity index (χ2v) is 6.13. The van der Waals surface area contributed by atoms with Crippen molar-refractivity contribution in [2.75, 3.05) is 5.32 Å². The molecular weight excluding hydrogens is 310 g/mol. The number of benzene rings is 3. The molecule has 0 heterocycles. The van der Waals surface area contributed by atoms with Crippen LogP contribution in [0.5, 0.6) is 5.75 Å². The normalized spacial score (nSPS) is 10.6. The number of hydrogen-bond acceptors (Lipinski definition) is 2. The lowest BCUT2D eigenvalue weighted by Crippen LogP contribution is -2.16. The Hall–Kier alpha value is -3.07. The van der Waals surface area contributed by atoms with E-state index in [9.17, 15) is 9.90 Å². The largest absolute Gasteiger partial charge is 0.508 e. The fourth-order valence-electron chi connectivity index (χ4n) is 2.88. The van der Waals surface area contributed by atoms with Crippen molar-refractivity contribution in [1.82, 2.24) is 0 Å². The average Bonchev–Trinajstić information content (AvgIpc) is 2.64. The van der Waals surface area contributed by atoms with Crippen molar-refractivity contribution in [2.24, 2.45) is 0 Å². The molecule has 3 aromatic carbocycles. The van der Waals surface area contributed by atoms with Gasteiger partial charge in [-0.2, -0.15) is 0 Å². The number of phenolic OH excluding ortho intramolecular Hbond substituents is 1. The number of carbonyl (C=O) groups excluding carboxylic acids is 1. The van der Waals surface area contributed by atoms with E-state index in [0.29, 0.717) is 12.1 Å². The summed E-state index contributed by atoms with van der Waals surface area (Å²) in [5, 5.41) is 12.7. The molecule has 1 amide bonds. The van der Waals surface area contributed by atoms with Gasteiger partial charge in [-0.05, 0) is 29.7 Å². The highest BCUT2D eigenvalue weighted by molar-refractivity contribution is 5.91. The number of carbonyl (C=O) groups is 1. The number of anilines is 1. The number of hydrogen-bond donors (Lipinski definition) is 2. The van der Waals surface area contributed by atoms with Crippen LogP contribution >= 0.6 is 0 Å². The van der Waals surface area contributed by atoms with Crippen LogP contribution in [0.15, 0.2) is 78.9 Å². The molecule has 0 aliphatic carbocycles. The highest BCUT2D eigenvalue weighted by Gasteiger charge is 2.18. The molecule has 2 N–H and O–H groups in total. The highest BCUT2D eigenvalue weighted by Crippen LogP contribution is 2.29. The summed E-state index contributed by atoms with van der Waals surface area (Å²) in [6, 6.07) is 25.2. The smallest absolute Gasteiger partial charge is 0.225 e. The van der Waals surface area contributed by atoms with Gasteiger partial charge >= 0.3 is 0 Å². The van der Waals surface area contributed by atoms with Crippen LogP contribution in [-0.2, 0) is 4.79 Å². The molecule has 0 saturated carbocycles. The third-order valence-electron chi connectivity index (χ3n) is 4.29. The molecule has 3 aromatic rings. The van der Waals surface area contributed by atoms with Crippen LogP contribution < -0.4 is 5.32 Å². The summed E-state index contributed by atoms with van der Waals surface area (Å²) in [4.78, 5) is 12.6. The molecule has 3 heteroatoms. The summed E-state index contributed by atoms with van der Waals surface area (Å²) in [7, 11) is 0. The monoisotopic (exact) mass is 331 g/mol. The molecule has 0 bridgehead atoms. The first-order valence-electron chi connectivity index (χ1n) is 8.33. The maximum Gasteiger partial charge on any atom is 0.225 e. The van der Waals surface area contributed by atoms with Crippen molar-refractivity contribution in [2.45, 2.75) is 19.3 Å². The Balaban J connectivity index is 1.80. The molecular formula is C22H21NO2. The molecule has 0 radical (unpaired) electrons. The second kappa shape index (κ2) is 7.67. The van der Waals surface area contributed by atoms with Gasteiger partial charge in [-0.15, -0.1) is 0 Å². The van der Waals surface area contributed by atoms with Crippen LogP contribution in [0.3, 0.4) is 0 Å². The Morgan fingerprint density at radius 3 is 2.00 bits per heavy atom. The van der Waals surface area contributed by atoms with Gasteiger partial charge in [0.15, 0.2) is 0 Å². The maximum atomic E-state index is 12.6. The molecule has 0 aromatic heterocycles. The molecule has 0 unspecified atom stereocenters. The molecule has 0 aliphatic heterocycles. The lowest BCUT2D eigenvalue weighted by atomic mass is 9.88. The van der Waals surface area contributed by atoms with E-state index < -0.39 is 0 Å². The number of rotatable bonds is 5. The molecule has 0 spiro atoms. The minimum absolute atomic E-state index is 0.0126. The first-order valence-corrected chi connectivity index (χ1v) is 8.33. The van der Waals surface area contributed by atoms with Gasteiger partial charge in [0.05, 0.1) is 0 Å². The molecule has 3 rings (SSSR count). The van der Waals surface area contributed by atoms with E-state index in [1.807, 2.05) is 67.6 Å². The van der Waals surface area contributed by atoms with Crippen LogP contribution in [0.4, 0.5) is 5.69 Å². The van der Waals surface area contributed by atoms with Crippen LogP contribution in [0.1, 0.15) is 29.0 Å². The minimum atomic E-state index is -0.0824. The molecule has 3 nitrogen and oxygen atoms in total. The summed E-state index contributed by atoms with van der Waals surface area (Å²) in [6.45, 7) is 1.82. The van der Waals surface area contributed by atoms with Crippen LogP contribution in [0.25, 0.3) is 0 Å². The maximum absolute atomic E-state index is 12.6. The summed E-state index contributed by atoms with van der Waals surface area (Å²) in [5.41, 5.74) is 3.60. The lowest BCUT2D eigenvalue weighted by Gasteiger charge is -2.18. The Morgan fingerprint density at radius 1 is 0.920 bits per heavy atom. The van der Waals surface area contributed by atoms with E-state index in [-0.39, 0.29) is 17.6 Å². The van der Waals surface area contributed by atoms with Crippen LogP contribution in [0, 0.1) is 6.92 Å². The molecule has 0 fully saturated rings. The molecule has 0 saturated heterocycles. The van der Waals surface area contributed by atoms with Crippen LogP contribution in [0.2, 0.25) is 0 Å². The van der Waals surface area contributed by atoms with E-state index >= 15 is 0 Å². The Bertz CT molecular complexity index is 805. The van der Waals surface area contributed by atoms with Gasteiger partial charge in [0.2, 0.25) is 5.91 Å². The van der Waals surface area contributed by atoms with Gasteiger partial charge in [-0.1, -0.05) is 66.7 Å². The van der Waals surface area contributed by atoms with E-state index in [4.69, 9.17) is 0 Å². The minimum Gasteiger partial charge on any atom is -0.508 e. The molecule has 0 atom stereocenters. The first kappa shape index (κ1) is 16.8. The SMILES string of the molecule is Cc1ccc(NC(=O)CC(c2ccccc2)c2ccccc2)cc1O. The Kier molecular flexibility index (Phi) is 5.14. The third kappa shape index (κ3) is 4.27. The van der Waals surface area contributed by atoms with Crippen molar-refractivity contribution >= 4 is 11.6 Å². The van der Waals surface area contributed by atoms with Crippen molar-refractivity contribution in [1.29, 1.82) is 0 Å². The lowest BCUT2D eigenvalue weighted by molar-refractivity contribution is -0.116. The number of aromatic hydroxyl groups is 1. The van der Waals surface area contributed by atoms with Crippen molar-refractivity contribution < 1.29 is 9.90 Å². The zero-order chi connectivity index (χ0) is 17.6. The second-order valence-electron chi connectivity index (χ2n) is 6.13. The summed E-state index contributed by atoms with van der Waals surface area (Å²) >= 11 is 0. The molecule has 25 heavy (non-hydrogen) atoms. The zero-order valence-corrected chi connectivity index (χ0v) is 14.1.